The van der Waals surface area contributed by atoms with Crippen LogP contribution in [0.25, 0.3) is 11.1 Å². The van der Waals surface area contributed by atoms with E-state index in [4.69, 9.17) is 9.98 Å². The fraction of sp³-hybridized carbons (Fsp3) is 0.355. The average molecular weight is 446 g/mol. The second-order valence-corrected chi connectivity index (χ2v) is 11.0. The minimum Gasteiger partial charge on any atom is -0.337 e. The van der Waals surface area contributed by atoms with Gasteiger partial charge in [0.2, 0.25) is 0 Å². The number of rotatable bonds is 4. The molecule has 4 bridgehead atoms. The molecule has 5 aliphatic rings. The molecule has 5 aliphatic carbocycles. The van der Waals surface area contributed by atoms with Gasteiger partial charge in [0.25, 0.3) is 0 Å². The lowest BCUT2D eigenvalue weighted by Crippen LogP contribution is -2.49. The molecule has 0 saturated heterocycles. The molecule has 3 nitrogen and oxygen atoms in total. The first-order valence-electron chi connectivity index (χ1n) is 12.9. The minimum absolute atomic E-state index is 0.163. The molecule has 3 heteroatoms. The molecule has 0 aliphatic heterocycles. The van der Waals surface area contributed by atoms with Crippen LogP contribution in [0.1, 0.15) is 61.9 Å². The minimum atomic E-state index is 0.163. The summed E-state index contributed by atoms with van der Waals surface area (Å²) in [6.07, 6.45) is 15.6. The lowest BCUT2D eigenvalue weighted by Gasteiger charge is -2.54. The van der Waals surface area contributed by atoms with Gasteiger partial charge in [0, 0.05) is 5.57 Å². The van der Waals surface area contributed by atoms with Crippen LogP contribution in [0.3, 0.4) is 0 Å². The molecule has 8 rings (SSSR count). The van der Waals surface area contributed by atoms with Crippen molar-refractivity contribution in [2.45, 2.75) is 50.5 Å². The Morgan fingerprint density at radius 1 is 0.824 bits per heavy atom. The summed E-state index contributed by atoms with van der Waals surface area (Å²) in [5.74, 6) is 3.59. The van der Waals surface area contributed by atoms with E-state index in [2.05, 4.69) is 84.0 Å². The van der Waals surface area contributed by atoms with Crippen molar-refractivity contribution in [1.82, 2.24) is 9.97 Å². The highest BCUT2D eigenvalue weighted by molar-refractivity contribution is 5.80. The monoisotopic (exact) mass is 445 g/mol. The van der Waals surface area contributed by atoms with Gasteiger partial charge in [-0.1, -0.05) is 72.8 Å². The van der Waals surface area contributed by atoms with Crippen molar-refractivity contribution in [3.63, 3.8) is 0 Å². The molecule has 1 N–H and O–H groups in total. The van der Waals surface area contributed by atoms with Crippen LogP contribution in [-0.2, 0) is 0 Å². The lowest BCUT2D eigenvalue weighted by molar-refractivity contribution is 0.00193. The van der Waals surface area contributed by atoms with Crippen molar-refractivity contribution in [3.05, 3.63) is 100 Å². The highest BCUT2D eigenvalue weighted by atomic mass is 15.0. The lowest BCUT2D eigenvalue weighted by atomic mass is 9.53. The van der Waals surface area contributed by atoms with Gasteiger partial charge in [0.05, 0.1) is 22.5 Å². The average Bonchev–Trinajstić information content (AvgIpc) is 3.19. The Labute approximate surface area is 201 Å². The van der Waals surface area contributed by atoms with Crippen molar-refractivity contribution >= 4 is 17.4 Å². The van der Waals surface area contributed by atoms with Gasteiger partial charge in [-0.05, 0) is 79.4 Å². The van der Waals surface area contributed by atoms with Gasteiger partial charge in [-0.25, -0.2) is 4.98 Å². The first-order valence-corrected chi connectivity index (χ1v) is 12.9. The van der Waals surface area contributed by atoms with Crippen molar-refractivity contribution in [1.29, 1.82) is 0 Å². The molecule has 1 aromatic heterocycles. The van der Waals surface area contributed by atoms with E-state index >= 15 is 0 Å². The van der Waals surface area contributed by atoms with Crippen LogP contribution in [0.15, 0.2) is 77.8 Å². The van der Waals surface area contributed by atoms with Gasteiger partial charge in [0.1, 0.15) is 5.82 Å². The van der Waals surface area contributed by atoms with E-state index in [-0.39, 0.29) is 5.54 Å². The third-order valence-electron chi connectivity index (χ3n) is 8.56. The van der Waals surface area contributed by atoms with E-state index in [0.29, 0.717) is 0 Å². The Hall–Kier alpha value is -3.20. The molecule has 0 spiro atoms. The fourth-order valence-electron chi connectivity index (χ4n) is 7.51. The Kier molecular flexibility index (Phi) is 4.72. The van der Waals surface area contributed by atoms with E-state index in [9.17, 15) is 0 Å². The summed E-state index contributed by atoms with van der Waals surface area (Å²) in [6, 6.07) is 21.3. The van der Waals surface area contributed by atoms with Gasteiger partial charge in [0.15, 0.2) is 0 Å². The molecule has 4 fully saturated rings. The molecule has 0 unspecified atom stereocenters. The van der Waals surface area contributed by atoms with Crippen LogP contribution in [0.2, 0.25) is 0 Å². The van der Waals surface area contributed by atoms with Crippen LogP contribution < -0.4 is 10.7 Å². The summed E-state index contributed by atoms with van der Waals surface area (Å²) in [5, 5.41) is 2.16. The number of aromatic amines is 1. The molecule has 0 amide bonds. The topological polar surface area (TPSA) is 41.0 Å². The van der Waals surface area contributed by atoms with Crippen molar-refractivity contribution < 1.29 is 0 Å². The predicted molar refractivity (Wildman–Crippen MR) is 138 cm³/mol. The molecule has 0 radical (unpaired) electrons. The number of imidazole rings is 1. The zero-order chi connectivity index (χ0) is 22.5. The number of aliphatic imine (C=N–C) groups is 1. The van der Waals surface area contributed by atoms with E-state index in [1.54, 1.807) is 0 Å². The van der Waals surface area contributed by atoms with Crippen LogP contribution in [0.4, 0.5) is 0 Å². The highest BCUT2D eigenvalue weighted by Gasteiger charge is 2.50. The van der Waals surface area contributed by atoms with E-state index in [0.717, 1.165) is 40.7 Å². The standard InChI is InChI=1S/C31H31N3/c1-3-8-24(9-4-1)26-12-7-13-27(25-10-5-2-6-11-25)30-29(26)33-28(34-30)20-32-31-17-21-14-22(18-31)16-23(15-21)19-31/h1-12,20-23H,13-19H2,(H,33,34)/b32-20+. The number of H-pyrrole nitrogens is 1. The highest BCUT2D eigenvalue weighted by Crippen LogP contribution is 2.57. The molecule has 4 saturated carbocycles. The molecule has 170 valence electrons. The van der Waals surface area contributed by atoms with Gasteiger partial charge in [-0.15, -0.1) is 0 Å². The third kappa shape index (κ3) is 3.50. The third-order valence-corrected chi connectivity index (χ3v) is 8.56. The summed E-state index contributed by atoms with van der Waals surface area (Å²) >= 11 is 0. The second kappa shape index (κ2) is 7.94. The Morgan fingerprint density at radius 3 is 2.09 bits per heavy atom. The molecule has 1 heterocycles. The molecular formula is C31H31N3. The summed E-state index contributed by atoms with van der Waals surface area (Å²) < 4.78 is 0. The maximum Gasteiger partial charge on any atom is 0.149 e. The van der Waals surface area contributed by atoms with E-state index < -0.39 is 0 Å². The van der Waals surface area contributed by atoms with Gasteiger partial charge in [-0.3, -0.25) is 4.99 Å². The van der Waals surface area contributed by atoms with Crippen LogP contribution in [-0.4, -0.2) is 21.7 Å². The van der Waals surface area contributed by atoms with Crippen LogP contribution in [0, 0.1) is 17.8 Å². The number of hydrogen-bond acceptors (Lipinski definition) is 2. The molecule has 2 aromatic carbocycles. The van der Waals surface area contributed by atoms with Gasteiger partial charge in [-0.2, -0.15) is 0 Å². The quantitative estimate of drug-likeness (QED) is 0.554. The smallest absolute Gasteiger partial charge is 0.149 e. The van der Waals surface area contributed by atoms with E-state index in [1.165, 1.54) is 60.8 Å². The maximum atomic E-state index is 5.29. The molecular weight excluding hydrogens is 414 g/mol. The number of allylic oxidation sites excluding steroid dienone is 2. The van der Waals surface area contributed by atoms with Crippen molar-refractivity contribution in [2.75, 3.05) is 0 Å². The predicted octanol–water partition coefficient (Wildman–Crippen LogP) is 5.16. The van der Waals surface area contributed by atoms with E-state index in [1.807, 2.05) is 0 Å². The largest absolute Gasteiger partial charge is 0.337 e. The SMILES string of the molecule is C1=CC(c2ccccc2)=c2[nH]c(/C=N/C34CC5CC(CC(C5)C3)C4)nc2=C(c2ccccc2)C1. The van der Waals surface area contributed by atoms with Crippen LogP contribution >= 0.6 is 0 Å². The Morgan fingerprint density at radius 2 is 1.44 bits per heavy atom. The van der Waals surface area contributed by atoms with Crippen molar-refractivity contribution in [2.24, 2.45) is 22.7 Å². The number of fused-ring (bicyclic) bond motifs is 1. The number of nitrogens with zero attached hydrogens (tertiary/aromatic N) is 2. The zero-order valence-corrected chi connectivity index (χ0v) is 19.6. The summed E-state index contributed by atoms with van der Waals surface area (Å²) in [7, 11) is 0. The van der Waals surface area contributed by atoms with Gasteiger partial charge < -0.3 is 4.98 Å². The normalized spacial score (nSPS) is 29.6. The molecule has 3 aromatic rings. The Bertz CT molecular complexity index is 1360. The summed E-state index contributed by atoms with van der Waals surface area (Å²) in [4.78, 5) is 14.1. The Balaban J connectivity index is 1.37. The second-order valence-electron chi connectivity index (χ2n) is 11.0. The van der Waals surface area contributed by atoms with Gasteiger partial charge >= 0.3 is 0 Å². The molecule has 0 atom stereocenters. The number of benzene rings is 2. The molecule has 34 heavy (non-hydrogen) atoms. The first kappa shape index (κ1) is 20.2. The van der Waals surface area contributed by atoms with Crippen LogP contribution in [0.5, 0.6) is 0 Å². The number of nitrogens with one attached hydrogen (secondary N) is 1. The summed E-state index contributed by atoms with van der Waals surface area (Å²) in [5.41, 5.74) is 5.07. The maximum absolute atomic E-state index is 5.29. The number of aromatic nitrogens is 2. The van der Waals surface area contributed by atoms with Crippen molar-refractivity contribution in [3.8, 4) is 0 Å². The zero-order valence-electron chi connectivity index (χ0n) is 19.6. The first-order chi connectivity index (χ1) is 16.7. The fourth-order valence-corrected chi connectivity index (χ4v) is 7.51. The summed E-state index contributed by atoms with van der Waals surface area (Å²) in [6.45, 7) is 0. The number of hydrogen-bond donors (Lipinski definition) is 1.